The van der Waals surface area contributed by atoms with Crippen LogP contribution in [0.3, 0.4) is 0 Å². The predicted molar refractivity (Wildman–Crippen MR) is 85.3 cm³/mol. The van der Waals surface area contributed by atoms with E-state index in [1.54, 1.807) is 0 Å². The maximum absolute atomic E-state index is 9.90. The molecule has 0 saturated carbocycles. The number of benzene rings is 1. The third-order valence-corrected chi connectivity index (χ3v) is 3.60. The molecule has 1 unspecified atom stereocenters. The molecule has 0 heterocycles. The van der Waals surface area contributed by atoms with Gasteiger partial charge in [0.15, 0.2) is 0 Å². The first kappa shape index (κ1) is 17.0. The van der Waals surface area contributed by atoms with Crippen molar-refractivity contribution in [2.24, 2.45) is 0 Å². The first-order valence-electron chi connectivity index (χ1n) is 8.10. The summed E-state index contributed by atoms with van der Waals surface area (Å²) in [7, 11) is 0. The van der Waals surface area contributed by atoms with Crippen molar-refractivity contribution in [1.29, 1.82) is 0 Å². The molecule has 0 aliphatic rings. The van der Waals surface area contributed by atoms with Crippen molar-refractivity contribution in [3.8, 4) is 5.75 Å². The number of rotatable bonds is 11. The number of unbranched alkanes of at least 4 members (excludes halogenated alkanes) is 5. The van der Waals surface area contributed by atoms with Gasteiger partial charge in [0.1, 0.15) is 5.75 Å². The topological polar surface area (TPSA) is 29.5 Å². The summed E-state index contributed by atoms with van der Waals surface area (Å²) in [4.78, 5) is 0. The lowest BCUT2D eigenvalue weighted by Crippen LogP contribution is -2.11. The highest BCUT2D eigenvalue weighted by atomic mass is 16.5. The highest BCUT2D eigenvalue weighted by Gasteiger charge is 2.04. The summed E-state index contributed by atoms with van der Waals surface area (Å²) in [6, 6.07) is 8.05. The summed E-state index contributed by atoms with van der Waals surface area (Å²) in [6.07, 6.45) is 9.07. The van der Waals surface area contributed by atoms with Gasteiger partial charge in [0, 0.05) is 6.42 Å². The van der Waals surface area contributed by atoms with Crippen LogP contribution in [0.5, 0.6) is 5.75 Å². The van der Waals surface area contributed by atoms with Crippen LogP contribution in [0.2, 0.25) is 0 Å². The summed E-state index contributed by atoms with van der Waals surface area (Å²) in [5.74, 6) is 0.900. The van der Waals surface area contributed by atoms with Crippen LogP contribution in [0.4, 0.5) is 0 Å². The summed E-state index contributed by atoms with van der Waals surface area (Å²) < 4.78 is 5.66. The molecular formula is C18H30O2. The molecular weight excluding hydrogens is 248 g/mol. The molecule has 0 fully saturated rings. The number of hydrogen-bond donors (Lipinski definition) is 1. The molecule has 1 rings (SSSR count). The van der Waals surface area contributed by atoms with Gasteiger partial charge in [-0.1, -0.05) is 57.6 Å². The lowest BCUT2D eigenvalue weighted by atomic mass is 10.1. The van der Waals surface area contributed by atoms with E-state index in [0.717, 1.165) is 25.0 Å². The fourth-order valence-corrected chi connectivity index (χ4v) is 2.32. The second kappa shape index (κ2) is 10.7. The zero-order valence-corrected chi connectivity index (χ0v) is 13.1. The van der Waals surface area contributed by atoms with E-state index in [0.29, 0.717) is 6.61 Å². The maximum Gasteiger partial charge on any atom is 0.119 e. The Morgan fingerprint density at radius 2 is 1.80 bits per heavy atom. The van der Waals surface area contributed by atoms with Gasteiger partial charge in [-0.25, -0.2) is 0 Å². The molecule has 0 aromatic heterocycles. The maximum atomic E-state index is 9.90. The van der Waals surface area contributed by atoms with E-state index in [2.05, 4.69) is 19.9 Å². The van der Waals surface area contributed by atoms with Gasteiger partial charge in [0.25, 0.3) is 0 Å². The van der Waals surface area contributed by atoms with Crippen molar-refractivity contribution in [3.05, 3.63) is 29.8 Å². The lowest BCUT2D eigenvalue weighted by Gasteiger charge is -2.12. The van der Waals surface area contributed by atoms with Gasteiger partial charge < -0.3 is 9.84 Å². The van der Waals surface area contributed by atoms with Gasteiger partial charge >= 0.3 is 0 Å². The molecule has 0 spiro atoms. The van der Waals surface area contributed by atoms with Gasteiger partial charge in [-0.3, -0.25) is 0 Å². The van der Waals surface area contributed by atoms with Gasteiger partial charge in [-0.05, 0) is 31.0 Å². The fourth-order valence-electron chi connectivity index (χ4n) is 2.32. The quantitative estimate of drug-likeness (QED) is 0.585. The van der Waals surface area contributed by atoms with Crippen molar-refractivity contribution in [2.45, 2.75) is 71.3 Å². The summed E-state index contributed by atoms with van der Waals surface area (Å²) in [5.41, 5.74) is 1.20. The van der Waals surface area contributed by atoms with Gasteiger partial charge in [-0.2, -0.15) is 0 Å². The summed E-state index contributed by atoms with van der Waals surface area (Å²) in [5, 5.41) is 9.90. The Morgan fingerprint density at radius 1 is 1.05 bits per heavy atom. The van der Waals surface area contributed by atoms with E-state index in [1.807, 2.05) is 18.2 Å². The highest BCUT2D eigenvalue weighted by Crippen LogP contribution is 2.14. The molecule has 1 N–H and O–H groups in total. The smallest absolute Gasteiger partial charge is 0.119 e. The van der Waals surface area contributed by atoms with Gasteiger partial charge in [0.2, 0.25) is 0 Å². The third-order valence-electron chi connectivity index (χ3n) is 3.60. The molecule has 2 heteroatoms. The molecule has 1 atom stereocenters. The molecule has 0 radical (unpaired) electrons. The molecule has 0 saturated heterocycles. The van der Waals surface area contributed by atoms with Crippen LogP contribution in [0.25, 0.3) is 0 Å². The normalized spacial score (nSPS) is 12.3. The van der Waals surface area contributed by atoms with E-state index >= 15 is 0 Å². The number of aryl methyl sites for hydroxylation is 1. The molecule has 1 aromatic carbocycles. The lowest BCUT2D eigenvalue weighted by molar-refractivity contribution is 0.128. The first-order chi connectivity index (χ1) is 9.72. The van der Waals surface area contributed by atoms with Crippen molar-refractivity contribution in [3.63, 3.8) is 0 Å². The number of ether oxygens (including phenoxy) is 1. The molecule has 0 amide bonds. The molecule has 20 heavy (non-hydrogen) atoms. The first-order valence-corrected chi connectivity index (χ1v) is 8.10. The molecule has 0 aliphatic heterocycles. The predicted octanol–water partition coefficient (Wildman–Crippen LogP) is 4.88. The van der Waals surface area contributed by atoms with Crippen LogP contribution in [0.1, 0.15) is 63.9 Å². The van der Waals surface area contributed by atoms with Crippen molar-refractivity contribution < 1.29 is 9.84 Å². The third kappa shape index (κ3) is 8.21. The summed E-state index contributed by atoms with van der Waals surface area (Å²) >= 11 is 0. The van der Waals surface area contributed by atoms with Crippen LogP contribution in [0.15, 0.2) is 24.3 Å². The monoisotopic (exact) mass is 278 g/mol. The Hall–Kier alpha value is -1.02. The minimum Gasteiger partial charge on any atom is -0.493 e. The minimum atomic E-state index is -0.217. The van der Waals surface area contributed by atoms with E-state index < -0.39 is 0 Å². The van der Waals surface area contributed by atoms with Crippen LogP contribution >= 0.6 is 0 Å². The molecule has 0 bridgehead atoms. The highest BCUT2D eigenvalue weighted by molar-refractivity contribution is 5.27. The van der Waals surface area contributed by atoms with E-state index in [1.165, 1.54) is 37.7 Å². The Kier molecular flexibility index (Phi) is 9.14. The minimum absolute atomic E-state index is 0.217. The Labute approximate surface area is 124 Å². The Bertz CT molecular complexity index is 349. The average molecular weight is 278 g/mol. The fraction of sp³-hybridized carbons (Fsp3) is 0.667. The van der Waals surface area contributed by atoms with Gasteiger partial charge in [0.05, 0.1) is 12.7 Å². The van der Waals surface area contributed by atoms with Crippen LogP contribution in [0, 0.1) is 6.92 Å². The van der Waals surface area contributed by atoms with E-state index in [-0.39, 0.29) is 6.10 Å². The zero-order valence-electron chi connectivity index (χ0n) is 13.1. The Balaban J connectivity index is 2.01. The zero-order chi connectivity index (χ0) is 14.6. The number of aliphatic hydroxyl groups excluding tert-OH is 1. The van der Waals surface area contributed by atoms with Gasteiger partial charge in [-0.15, -0.1) is 0 Å². The van der Waals surface area contributed by atoms with Crippen molar-refractivity contribution in [2.75, 3.05) is 6.61 Å². The van der Waals surface area contributed by atoms with E-state index in [9.17, 15) is 5.11 Å². The molecule has 0 aliphatic carbocycles. The van der Waals surface area contributed by atoms with Crippen LogP contribution < -0.4 is 4.74 Å². The molecule has 2 nitrogen and oxygen atoms in total. The van der Waals surface area contributed by atoms with Crippen molar-refractivity contribution >= 4 is 0 Å². The number of aliphatic hydroxyl groups is 1. The largest absolute Gasteiger partial charge is 0.493 e. The average Bonchev–Trinajstić information content (AvgIpc) is 2.43. The van der Waals surface area contributed by atoms with Crippen LogP contribution in [-0.2, 0) is 0 Å². The van der Waals surface area contributed by atoms with Crippen molar-refractivity contribution in [1.82, 2.24) is 0 Å². The van der Waals surface area contributed by atoms with Crippen LogP contribution in [-0.4, -0.2) is 17.8 Å². The molecule has 114 valence electrons. The second-order valence-corrected chi connectivity index (χ2v) is 5.66. The molecule has 1 aromatic rings. The second-order valence-electron chi connectivity index (χ2n) is 5.66. The summed E-state index contributed by atoms with van der Waals surface area (Å²) in [6.45, 7) is 4.89. The standard InChI is InChI=1S/C18H30O2/c1-3-4-5-6-7-8-11-17(19)13-14-20-18-12-9-10-16(2)15-18/h9-10,12,15,17,19H,3-8,11,13-14H2,1-2H3. The SMILES string of the molecule is CCCCCCCCC(O)CCOc1cccc(C)c1. The Morgan fingerprint density at radius 3 is 2.55 bits per heavy atom. The number of hydrogen-bond acceptors (Lipinski definition) is 2. The van der Waals surface area contributed by atoms with E-state index in [4.69, 9.17) is 4.74 Å².